The lowest BCUT2D eigenvalue weighted by atomic mass is 10.2. The third kappa shape index (κ3) is 16.3. The van der Waals surface area contributed by atoms with E-state index in [9.17, 15) is 4.53 Å². The van der Waals surface area contributed by atoms with E-state index < -0.39 is 7.32 Å². The Balaban J connectivity index is 0. The first kappa shape index (κ1) is 18.2. The van der Waals surface area contributed by atoms with Gasteiger partial charge >= 0.3 is 7.32 Å². The fourth-order valence-electron chi connectivity index (χ4n) is 1.19. The Bertz CT molecular complexity index is 124. The maximum atomic E-state index is 11.1. The summed E-state index contributed by atoms with van der Waals surface area (Å²) in [6, 6.07) is 0. The second-order valence-electron chi connectivity index (χ2n) is 3.84. The Labute approximate surface area is 99.4 Å². The predicted octanol–water partition coefficient (Wildman–Crippen LogP) is 3.66. The van der Waals surface area contributed by atoms with Crippen LogP contribution < -0.4 is 0 Å². The fraction of sp³-hybridized carbons (Fsp3) is 1.00. The van der Waals surface area contributed by atoms with Gasteiger partial charge in [-0.15, -0.1) is 0 Å². The van der Waals surface area contributed by atoms with Gasteiger partial charge in [-0.25, -0.2) is 0 Å². The molecule has 5 heteroatoms. The van der Waals surface area contributed by atoms with Gasteiger partial charge in [0.2, 0.25) is 0 Å². The molecular formula is C11H26BFO3. The van der Waals surface area contributed by atoms with Crippen LogP contribution in [-0.4, -0.2) is 18.4 Å². The summed E-state index contributed by atoms with van der Waals surface area (Å²) >= 11 is 0. The molecule has 16 heavy (non-hydrogen) atoms. The van der Waals surface area contributed by atoms with E-state index in [1.54, 1.807) is 6.92 Å². The highest BCUT2D eigenvalue weighted by Crippen LogP contribution is 2.01. The summed E-state index contributed by atoms with van der Waals surface area (Å²) in [5.41, 5.74) is 0. The Morgan fingerprint density at radius 2 is 1.62 bits per heavy atom. The van der Waals surface area contributed by atoms with Crippen molar-refractivity contribution in [1.29, 1.82) is 0 Å². The summed E-state index contributed by atoms with van der Waals surface area (Å²) in [4.78, 5) is 3.00. The average Bonchev–Trinajstić information content (AvgIpc) is 2.27. The van der Waals surface area contributed by atoms with E-state index >= 15 is 0 Å². The zero-order chi connectivity index (χ0) is 12.8. The van der Waals surface area contributed by atoms with Gasteiger partial charge in [0, 0.05) is 6.10 Å². The molecule has 0 rings (SSSR count). The fourth-order valence-corrected chi connectivity index (χ4v) is 1.19. The quantitative estimate of drug-likeness (QED) is 0.516. The summed E-state index contributed by atoms with van der Waals surface area (Å²) < 4.78 is 15.7. The highest BCUT2D eigenvalue weighted by molar-refractivity contribution is 6.34. The number of rotatable bonds is 8. The number of hydrogen-bond acceptors (Lipinski definition) is 3. The van der Waals surface area contributed by atoms with E-state index in [4.69, 9.17) is 5.02 Å². The van der Waals surface area contributed by atoms with Crippen LogP contribution in [0.25, 0.3) is 0 Å². The van der Waals surface area contributed by atoms with Crippen molar-refractivity contribution < 1.29 is 19.1 Å². The summed E-state index contributed by atoms with van der Waals surface area (Å²) in [6.07, 6.45) is 7.07. The number of hydrogen-bond donors (Lipinski definition) is 1. The number of unbranched alkanes of at least 4 members (excludes halogenated alkanes) is 3. The largest absolute Gasteiger partial charge is 0.669 e. The van der Waals surface area contributed by atoms with Gasteiger partial charge < -0.3 is 9.68 Å². The van der Waals surface area contributed by atoms with Crippen LogP contribution in [0.5, 0.6) is 0 Å². The van der Waals surface area contributed by atoms with Crippen LogP contribution in [0.15, 0.2) is 0 Å². The van der Waals surface area contributed by atoms with Crippen LogP contribution >= 0.6 is 0 Å². The zero-order valence-corrected chi connectivity index (χ0v) is 11.0. The molecule has 1 atom stereocenters. The summed E-state index contributed by atoms with van der Waals surface area (Å²) in [5.74, 6) is 0. The monoisotopic (exact) mass is 236 g/mol. The van der Waals surface area contributed by atoms with Crippen LogP contribution in [0, 0.1) is 0 Å². The van der Waals surface area contributed by atoms with Crippen LogP contribution in [-0.2, 0) is 9.51 Å². The molecule has 0 saturated carbocycles. The second kappa shape index (κ2) is 14.9. The normalized spacial score (nSPS) is 11.6. The molecule has 0 radical (unpaired) electrons. The van der Waals surface area contributed by atoms with Gasteiger partial charge in [-0.05, 0) is 13.3 Å². The minimum absolute atomic E-state index is 0.171. The molecule has 0 heterocycles. The van der Waals surface area contributed by atoms with Gasteiger partial charge in [0.1, 0.15) is 0 Å². The zero-order valence-electron chi connectivity index (χ0n) is 11.0. The molecule has 0 aromatic heterocycles. The first-order chi connectivity index (χ1) is 7.62. The summed E-state index contributed by atoms with van der Waals surface area (Å²) in [6.45, 7) is 8.18. The highest BCUT2D eigenvalue weighted by atomic mass is 19.3. The number of halogens is 1. The van der Waals surface area contributed by atoms with Gasteiger partial charge in [-0.2, -0.15) is 4.86 Å². The first-order valence-electron chi connectivity index (χ1n) is 6.23. The molecule has 0 spiro atoms. The molecule has 0 bridgehead atoms. The van der Waals surface area contributed by atoms with Gasteiger partial charge in [0.15, 0.2) is 0 Å². The van der Waals surface area contributed by atoms with Crippen LogP contribution in [0.1, 0.15) is 66.2 Å². The SMILES string of the molecule is CCCC(C)OB(O)OF.CCCCCC. The van der Waals surface area contributed by atoms with E-state index in [0.717, 1.165) is 12.8 Å². The molecule has 1 N–H and O–H groups in total. The van der Waals surface area contributed by atoms with E-state index in [1.165, 1.54) is 25.7 Å². The molecule has 0 aromatic carbocycles. The van der Waals surface area contributed by atoms with Gasteiger partial charge in [0.05, 0.1) is 0 Å². The van der Waals surface area contributed by atoms with E-state index in [1.807, 2.05) is 6.92 Å². The standard InChI is InChI=1S/C6H14.C5H12BFO3/c1-3-5-6-4-2;1-3-4-5(2)9-6(8)10-7/h3-6H2,1-2H3;5,8H,3-4H2,1-2H3. The van der Waals surface area contributed by atoms with E-state index in [-0.39, 0.29) is 6.10 Å². The van der Waals surface area contributed by atoms with Crippen molar-refractivity contribution in [3.05, 3.63) is 0 Å². The van der Waals surface area contributed by atoms with Crippen LogP contribution in [0.4, 0.5) is 4.53 Å². The highest BCUT2D eigenvalue weighted by Gasteiger charge is 2.19. The van der Waals surface area contributed by atoms with Crippen molar-refractivity contribution in [3.63, 3.8) is 0 Å². The lowest BCUT2D eigenvalue weighted by Gasteiger charge is -2.10. The molecule has 0 saturated heterocycles. The molecule has 1 unspecified atom stereocenters. The Morgan fingerprint density at radius 1 is 1.12 bits per heavy atom. The van der Waals surface area contributed by atoms with E-state index in [2.05, 4.69) is 23.4 Å². The molecule has 0 aliphatic rings. The van der Waals surface area contributed by atoms with Gasteiger partial charge in [-0.3, -0.25) is 0 Å². The van der Waals surface area contributed by atoms with Crippen molar-refractivity contribution in [2.45, 2.75) is 72.3 Å². The Kier molecular flexibility index (Phi) is 17.0. The van der Waals surface area contributed by atoms with Crippen molar-refractivity contribution in [1.82, 2.24) is 0 Å². The summed E-state index contributed by atoms with van der Waals surface area (Å²) in [5, 5.41) is 8.44. The molecule has 3 nitrogen and oxygen atoms in total. The minimum atomic E-state index is -1.73. The van der Waals surface area contributed by atoms with Crippen molar-refractivity contribution in [3.8, 4) is 0 Å². The minimum Gasteiger partial charge on any atom is -0.400 e. The topological polar surface area (TPSA) is 38.7 Å². The molecule has 0 aliphatic heterocycles. The molecule has 98 valence electrons. The molecule has 0 aliphatic carbocycles. The average molecular weight is 236 g/mol. The molecular weight excluding hydrogens is 210 g/mol. The lowest BCUT2D eigenvalue weighted by molar-refractivity contribution is -0.0748. The lowest BCUT2D eigenvalue weighted by Crippen LogP contribution is -2.24. The Morgan fingerprint density at radius 3 is 1.94 bits per heavy atom. The molecule has 0 amide bonds. The molecule has 0 fully saturated rings. The predicted molar refractivity (Wildman–Crippen MR) is 65.4 cm³/mol. The Hall–Kier alpha value is -0.125. The second-order valence-corrected chi connectivity index (χ2v) is 3.84. The maximum absolute atomic E-state index is 11.1. The summed E-state index contributed by atoms with van der Waals surface area (Å²) in [7, 11) is -1.73. The van der Waals surface area contributed by atoms with Crippen molar-refractivity contribution in [2.75, 3.05) is 0 Å². The molecule has 0 aromatic rings. The van der Waals surface area contributed by atoms with Crippen LogP contribution in [0.2, 0.25) is 0 Å². The van der Waals surface area contributed by atoms with Crippen molar-refractivity contribution >= 4 is 7.32 Å². The third-order valence-corrected chi connectivity index (χ3v) is 2.08. The first-order valence-corrected chi connectivity index (χ1v) is 6.23. The third-order valence-electron chi connectivity index (χ3n) is 2.08. The van der Waals surface area contributed by atoms with Crippen LogP contribution in [0.3, 0.4) is 0 Å². The smallest absolute Gasteiger partial charge is 0.400 e. The van der Waals surface area contributed by atoms with Crippen molar-refractivity contribution in [2.24, 2.45) is 0 Å². The van der Waals surface area contributed by atoms with Gasteiger partial charge in [0.25, 0.3) is 0 Å². The maximum Gasteiger partial charge on any atom is 0.669 e. The van der Waals surface area contributed by atoms with E-state index in [0.29, 0.717) is 0 Å². The van der Waals surface area contributed by atoms with Gasteiger partial charge in [-0.1, -0.05) is 57.4 Å².